The van der Waals surface area contributed by atoms with Gasteiger partial charge in [-0.3, -0.25) is 0 Å². The molecule has 2 nitrogen and oxygen atoms in total. The van der Waals surface area contributed by atoms with Crippen molar-refractivity contribution >= 4 is 0 Å². The van der Waals surface area contributed by atoms with E-state index in [-0.39, 0.29) is 0 Å². The molecule has 1 unspecified atom stereocenters. The third-order valence-corrected chi connectivity index (χ3v) is 1.21. The van der Waals surface area contributed by atoms with Crippen molar-refractivity contribution in [1.82, 2.24) is 5.32 Å². The summed E-state index contributed by atoms with van der Waals surface area (Å²) in [6.45, 7) is 8.20. The molecule has 0 aromatic rings. The summed E-state index contributed by atoms with van der Waals surface area (Å²) in [5.74, 6) is 0.638. The lowest BCUT2D eigenvalue weighted by molar-refractivity contribution is 0.0489. The van der Waals surface area contributed by atoms with Crippen molar-refractivity contribution < 1.29 is 4.74 Å². The van der Waals surface area contributed by atoms with Crippen LogP contribution in [0.1, 0.15) is 20.8 Å². The molecule has 0 aromatic heterocycles. The van der Waals surface area contributed by atoms with Crippen molar-refractivity contribution in [3.05, 3.63) is 0 Å². The van der Waals surface area contributed by atoms with Gasteiger partial charge in [-0.1, -0.05) is 13.8 Å². The molecule has 0 amide bonds. The number of hydrogen-bond donors (Lipinski definition) is 1. The van der Waals surface area contributed by atoms with Crippen molar-refractivity contribution in [3.8, 4) is 0 Å². The van der Waals surface area contributed by atoms with E-state index in [0.717, 1.165) is 13.2 Å². The normalized spacial score (nSPS) is 14.1. The van der Waals surface area contributed by atoms with E-state index < -0.39 is 0 Å². The third-order valence-electron chi connectivity index (χ3n) is 1.21. The fourth-order valence-electron chi connectivity index (χ4n) is 0.703. The van der Waals surface area contributed by atoms with Gasteiger partial charge in [0, 0.05) is 13.2 Å². The van der Waals surface area contributed by atoms with E-state index >= 15 is 0 Å². The Morgan fingerprint density at radius 3 is 2.30 bits per heavy atom. The summed E-state index contributed by atoms with van der Waals surface area (Å²) in [6, 6.07) is 0. The first kappa shape index (κ1) is 9.92. The van der Waals surface area contributed by atoms with E-state index in [9.17, 15) is 0 Å². The molecule has 1 N–H and O–H groups in total. The van der Waals surface area contributed by atoms with E-state index in [1.165, 1.54) is 0 Å². The molecule has 0 fully saturated rings. The summed E-state index contributed by atoms with van der Waals surface area (Å²) in [5.41, 5.74) is 0. The molecule has 0 bridgehead atoms. The predicted octanol–water partition coefficient (Wildman–Crippen LogP) is 1.27. The molecule has 2 heteroatoms. The molecule has 1 atom stereocenters. The Kier molecular flexibility index (Phi) is 5.64. The molecule has 62 valence electrons. The maximum Gasteiger partial charge on any atom is 0.0671 e. The Balaban J connectivity index is 3.12. The van der Waals surface area contributed by atoms with Gasteiger partial charge in [0.1, 0.15) is 0 Å². The first-order valence-electron chi connectivity index (χ1n) is 3.93. The van der Waals surface area contributed by atoms with Crippen LogP contribution in [-0.4, -0.2) is 26.3 Å². The molecule has 0 aliphatic rings. The van der Waals surface area contributed by atoms with Gasteiger partial charge in [0.05, 0.1) is 6.10 Å². The maximum atomic E-state index is 5.48. The minimum atomic E-state index is 0.340. The van der Waals surface area contributed by atoms with E-state index in [2.05, 4.69) is 26.1 Å². The van der Waals surface area contributed by atoms with Crippen molar-refractivity contribution in [1.29, 1.82) is 0 Å². The van der Waals surface area contributed by atoms with Crippen LogP contribution in [0.5, 0.6) is 0 Å². The number of rotatable bonds is 5. The highest BCUT2D eigenvalue weighted by Crippen LogP contribution is 1.96. The van der Waals surface area contributed by atoms with Crippen LogP contribution < -0.4 is 5.32 Å². The second kappa shape index (κ2) is 5.69. The summed E-state index contributed by atoms with van der Waals surface area (Å²) >= 11 is 0. The second-order valence-corrected chi connectivity index (χ2v) is 3.10. The van der Waals surface area contributed by atoms with Crippen LogP contribution in [0.3, 0.4) is 0 Å². The molecule has 0 saturated carbocycles. The van der Waals surface area contributed by atoms with Gasteiger partial charge >= 0.3 is 0 Å². The number of nitrogens with one attached hydrogen (secondary N) is 1. The SMILES string of the molecule is CNCC(C)OCC(C)C. The molecule has 0 aliphatic carbocycles. The quantitative estimate of drug-likeness (QED) is 0.629. The van der Waals surface area contributed by atoms with Gasteiger partial charge < -0.3 is 10.1 Å². The van der Waals surface area contributed by atoms with Gasteiger partial charge in [0.2, 0.25) is 0 Å². The molecular weight excluding hydrogens is 126 g/mol. The predicted molar refractivity (Wildman–Crippen MR) is 44.2 cm³/mol. The molecule has 0 spiro atoms. The van der Waals surface area contributed by atoms with Crippen LogP contribution in [0, 0.1) is 5.92 Å². The molecule has 0 heterocycles. The average molecular weight is 145 g/mol. The molecule has 0 aromatic carbocycles. The summed E-state index contributed by atoms with van der Waals surface area (Å²) in [7, 11) is 1.94. The Morgan fingerprint density at radius 2 is 1.90 bits per heavy atom. The first-order chi connectivity index (χ1) is 4.66. The van der Waals surface area contributed by atoms with E-state index in [1.807, 2.05) is 7.05 Å². The zero-order chi connectivity index (χ0) is 7.98. The molecule has 0 aliphatic heterocycles. The highest BCUT2D eigenvalue weighted by molar-refractivity contribution is 4.52. The molecular formula is C8H19NO. The maximum absolute atomic E-state index is 5.48. The lowest BCUT2D eigenvalue weighted by atomic mass is 10.2. The largest absolute Gasteiger partial charge is 0.377 e. The molecule has 0 radical (unpaired) electrons. The van der Waals surface area contributed by atoms with Crippen molar-refractivity contribution in [2.75, 3.05) is 20.2 Å². The smallest absolute Gasteiger partial charge is 0.0671 e. The second-order valence-electron chi connectivity index (χ2n) is 3.10. The summed E-state index contributed by atoms with van der Waals surface area (Å²) in [4.78, 5) is 0. The Morgan fingerprint density at radius 1 is 1.30 bits per heavy atom. The van der Waals surface area contributed by atoms with Crippen molar-refractivity contribution in [3.63, 3.8) is 0 Å². The van der Waals surface area contributed by atoms with Gasteiger partial charge in [-0.05, 0) is 19.9 Å². The van der Waals surface area contributed by atoms with Gasteiger partial charge in [0.25, 0.3) is 0 Å². The highest BCUT2D eigenvalue weighted by Gasteiger charge is 2.00. The van der Waals surface area contributed by atoms with Crippen LogP contribution in [-0.2, 0) is 4.74 Å². The number of likely N-dealkylation sites (N-methyl/N-ethyl adjacent to an activating group) is 1. The number of hydrogen-bond acceptors (Lipinski definition) is 2. The average Bonchev–Trinajstić information content (AvgIpc) is 1.85. The first-order valence-corrected chi connectivity index (χ1v) is 3.93. The fourth-order valence-corrected chi connectivity index (χ4v) is 0.703. The van der Waals surface area contributed by atoms with Gasteiger partial charge in [-0.25, -0.2) is 0 Å². The summed E-state index contributed by atoms with van der Waals surface area (Å²) in [6.07, 6.45) is 0.340. The van der Waals surface area contributed by atoms with Crippen LogP contribution in [0.2, 0.25) is 0 Å². The van der Waals surface area contributed by atoms with Crippen molar-refractivity contribution in [2.45, 2.75) is 26.9 Å². The lowest BCUT2D eigenvalue weighted by Gasteiger charge is -2.13. The van der Waals surface area contributed by atoms with E-state index in [1.54, 1.807) is 0 Å². The zero-order valence-corrected chi connectivity index (χ0v) is 7.48. The Labute approximate surface area is 64.0 Å². The standard InChI is InChI=1S/C8H19NO/c1-7(2)6-10-8(3)5-9-4/h7-9H,5-6H2,1-4H3. The monoisotopic (exact) mass is 145 g/mol. The van der Waals surface area contributed by atoms with Crippen molar-refractivity contribution in [2.24, 2.45) is 5.92 Å². The molecule has 0 saturated heterocycles. The minimum absolute atomic E-state index is 0.340. The summed E-state index contributed by atoms with van der Waals surface area (Å²) < 4.78 is 5.48. The van der Waals surface area contributed by atoms with Gasteiger partial charge in [0.15, 0.2) is 0 Å². The molecule has 10 heavy (non-hydrogen) atoms. The van der Waals surface area contributed by atoms with Crippen LogP contribution >= 0.6 is 0 Å². The van der Waals surface area contributed by atoms with Crippen LogP contribution in [0.15, 0.2) is 0 Å². The summed E-state index contributed by atoms with van der Waals surface area (Å²) in [5, 5.41) is 3.07. The van der Waals surface area contributed by atoms with Gasteiger partial charge in [-0.15, -0.1) is 0 Å². The van der Waals surface area contributed by atoms with E-state index in [0.29, 0.717) is 12.0 Å². The third kappa shape index (κ3) is 6.05. The minimum Gasteiger partial charge on any atom is -0.377 e. The number of ether oxygens (including phenoxy) is 1. The highest BCUT2D eigenvalue weighted by atomic mass is 16.5. The molecule has 0 rings (SSSR count). The van der Waals surface area contributed by atoms with Crippen LogP contribution in [0.4, 0.5) is 0 Å². The zero-order valence-electron chi connectivity index (χ0n) is 7.48. The lowest BCUT2D eigenvalue weighted by Crippen LogP contribution is -2.24. The Bertz CT molecular complexity index is 73.7. The fraction of sp³-hybridized carbons (Fsp3) is 1.00. The topological polar surface area (TPSA) is 21.3 Å². The van der Waals surface area contributed by atoms with Gasteiger partial charge in [-0.2, -0.15) is 0 Å². The van der Waals surface area contributed by atoms with E-state index in [4.69, 9.17) is 4.74 Å². The van der Waals surface area contributed by atoms with Crippen LogP contribution in [0.25, 0.3) is 0 Å². The Hall–Kier alpha value is -0.0800.